The molecule has 2 atom stereocenters. The molecule has 2 saturated heterocycles. The Kier molecular flexibility index (Phi) is 2.81. The van der Waals surface area contributed by atoms with Crippen molar-refractivity contribution in [1.82, 2.24) is 20.8 Å². The van der Waals surface area contributed by atoms with Crippen molar-refractivity contribution < 1.29 is 19.6 Å². The van der Waals surface area contributed by atoms with Crippen LogP contribution in [0.3, 0.4) is 0 Å². The lowest BCUT2D eigenvalue weighted by Crippen LogP contribution is -2.54. The van der Waals surface area contributed by atoms with E-state index in [1.807, 2.05) is 0 Å². The number of carbonyl (C=O) groups is 3. The van der Waals surface area contributed by atoms with E-state index in [1.165, 1.54) is 4.90 Å². The third-order valence-electron chi connectivity index (χ3n) is 3.90. The summed E-state index contributed by atoms with van der Waals surface area (Å²) < 4.78 is 0. The molecule has 0 unspecified atom stereocenters. The van der Waals surface area contributed by atoms with Crippen LogP contribution in [0, 0.1) is 5.92 Å². The van der Waals surface area contributed by atoms with E-state index >= 15 is 0 Å². The first-order valence-electron chi connectivity index (χ1n) is 6.46. The Bertz CT molecular complexity index is 436. The van der Waals surface area contributed by atoms with Crippen LogP contribution in [0.25, 0.3) is 0 Å². The van der Waals surface area contributed by atoms with Gasteiger partial charge in [-0.25, -0.2) is 9.86 Å². The van der Waals surface area contributed by atoms with Gasteiger partial charge in [-0.1, -0.05) is 0 Å². The molecule has 1 aliphatic carbocycles. The fourth-order valence-electron chi connectivity index (χ4n) is 2.58. The SMILES string of the molecule is O=C(NNC(=O)[C@@H]1CC[C@H]2CN1C(=O)N2O)C1CC1. The number of hydrogen-bond acceptors (Lipinski definition) is 4. The van der Waals surface area contributed by atoms with E-state index in [0.29, 0.717) is 24.4 Å². The third-order valence-corrected chi connectivity index (χ3v) is 3.90. The molecule has 3 rings (SSSR count). The minimum Gasteiger partial charge on any atom is -0.309 e. The van der Waals surface area contributed by atoms with Crippen LogP contribution in [-0.2, 0) is 9.59 Å². The molecule has 4 amide bonds. The smallest absolute Gasteiger partial charge is 0.309 e. The van der Waals surface area contributed by atoms with Gasteiger partial charge in [0.15, 0.2) is 0 Å². The molecule has 2 bridgehead atoms. The van der Waals surface area contributed by atoms with Gasteiger partial charge in [-0.3, -0.25) is 25.6 Å². The topological polar surface area (TPSA) is 102 Å². The summed E-state index contributed by atoms with van der Waals surface area (Å²) in [7, 11) is 0. The van der Waals surface area contributed by atoms with Crippen LogP contribution in [0.4, 0.5) is 4.79 Å². The van der Waals surface area contributed by atoms with Crippen molar-refractivity contribution in [1.29, 1.82) is 0 Å². The molecule has 3 aliphatic rings. The van der Waals surface area contributed by atoms with Gasteiger partial charge in [0.1, 0.15) is 6.04 Å². The van der Waals surface area contributed by atoms with Gasteiger partial charge in [0, 0.05) is 12.5 Å². The van der Waals surface area contributed by atoms with Gasteiger partial charge >= 0.3 is 6.03 Å². The van der Waals surface area contributed by atoms with Gasteiger partial charge in [0.25, 0.3) is 5.91 Å². The fourth-order valence-corrected chi connectivity index (χ4v) is 2.58. The van der Waals surface area contributed by atoms with Gasteiger partial charge < -0.3 is 4.90 Å². The molecular weight excluding hydrogens is 252 g/mol. The number of fused-ring (bicyclic) bond motifs is 2. The highest BCUT2D eigenvalue weighted by atomic mass is 16.5. The minimum absolute atomic E-state index is 0.0115. The average molecular weight is 268 g/mol. The Morgan fingerprint density at radius 2 is 1.79 bits per heavy atom. The number of hydroxylamine groups is 2. The summed E-state index contributed by atoms with van der Waals surface area (Å²) in [4.78, 5) is 36.4. The summed E-state index contributed by atoms with van der Waals surface area (Å²) in [6.45, 7) is 0.351. The Labute approximate surface area is 109 Å². The van der Waals surface area contributed by atoms with Crippen molar-refractivity contribution in [2.75, 3.05) is 6.54 Å². The molecule has 19 heavy (non-hydrogen) atoms. The maximum Gasteiger partial charge on any atom is 0.344 e. The van der Waals surface area contributed by atoms with E-state index in [-0.39, 0.29) is 17.9 Å². The third kappa shape index (κ3) is 2.12. The number of piperidine rings is 1. The van der Waals surface area contributed by atoms with Crippen LogP contribution < -0.4 is 10.9 Å². The second kappa shape index (κ2) is 4.37. The normalized spacial score (nSPS) is 29.4. The van der Waals surface area contributed by atoms with Crippen molar-refractivity contribution in [2.24, 2.45) is 5.92 Å². The molecule has 3 fully saturated rings. The lowest BCUT2D eigenvalue weighted by molar-refractivity contribution is -0.132. The van der Waals surface area contributed by atoms with Crippen molar-refractivity contribution in [3.05, 3.63) is 0 Å². The van der Waals surface area contributed by atoms with Crippen molar-refractivity contribution in [3.8, 4) is 0 Å². The Hall–Kier alpha value is -1.83. The minimum atomic E-state index is -0.625. The number of urea groups is 1. The molecule has 104 valence electrons. The molecule has 0 aromatic carbocycles. The lowest BCUT2D eigenvalue weighted by Gasteiger charge is -2.29. The predicted molar refractivity (Wildman–Crippen MR) is 61.5 cm³/mol. The van der Waals surface area contributed by atoms with Gasteiger partial charge in [-0.2, -0.15) is 0 Å². The second-order valence-electron chi connectivity index (χ2n) is 5.28. The van der Waals surface area contributed by atoms with Crippen molar-refractivity contribution in [3.63, 3.8) is 0 Å². The molecule has 0 aromatic heterocycles. The maximum absolute atomic E-state index is 12.0. The van der Waals surface area contributed by atoms with Crippen LogP contribution in [0.1, 0.15) is 25.7 Å². The lowest BCUT2D eigenvalue weighted by atomic mass is 10.0. The van der Waals surface area contributed by atoms with Crippen molar-refractivity contribution in [2.45, 2.75) is 37.8 Å². The zero-order valence-electron chi connectivity index (χ0n) is 10.3. The van der Waals surface area contributed by atoms with Gasteiger partial charge in [-0.05, 0) is 25.7 Å². The molecule has 3 N–H and O–H groups in total. The van der Waals surface area contributed by atoms with Crippen LogP contribution in [0.15, 0.2) is 0 Å². The van der Waals surface area contributed by atoms with Crippen LogP contribution >= 0.6 is 0 Å². The number of nitrogens with zero attached hydrogens (tertiary/aromatic N) is 2. The van der Waals surface area contributed by atoms with E-state index < -0.39 is 18.0 Å². The van der Waals surface area contributed by atoms with Crippen LogP contribution in [0.5, 0.6) is 0 Å². The first-order chi connectivity index (χ1) is 9.08. The van der Waals surface area contributed by atoms with Crippen LogP contribution in [-0.4, -0.2) is 51.6 Å². The molecule has 8 nitrogen and oxygen atoms in total. The summed E-state index contributed by atoms with van der Waals surface area (Å²) in [6.07, 6.45) is 2.78. The predicted octanol–water partition coefficient (Wildman–Crippen LogP) is -0.798. The largest absolute Gasteiger partial charge is 0.344 e. The van der Waals surface area contributed by atoms with E-state index in [9.17, 15) is 19.6 Å². The molecule has 0 spiro atoms. The van der Waals surface area contributed by atoms with Gasteiger partial charge in [0.2, 0.25) is 5.91 Å². The monoisotopic (exact) mass is 268 g/mol. The molecular formula is C11H16N4O4. The molecule has 1 saturated carbocycles. The zero-order chi connectivity index (χ0) is 13.6. The first kappa shape index (κ1) is 12.2. The fraction of sp³-hybridized carbons (Fsp3) is 0.727. The summed E-state index contributed by atoms with van der Waals surface area (Å²) in [6, 6.07) is -1.39. The molecule has 0 aromatic rings. The first-order valence-corrected chi connectivity index (χ1v) is 6.46. The maximum atomic E-state index is 12.0. The van der Waals surface area contributed by atoms with Gasteiger partial charge in [-0.15, -0.1) is 0 Å². The summed E-state index contributed by atoms with van der Waals surface area (Å²) >= 11 is 0. The number of nitrogens with one attached hydrogen (secondary N) is 2. The molecule has 2 heterocycles. The molecule has 8 heteroatoms. The van der Waals surface area contributed by atoms with Crippen LogP contribution in [0.2, 0.25) is 0 Å². The molecule has 0 radical (unpaired) electrons. The second-order valence-corrected chi connectivity index (χ2v) is 5.28. The summed E-state index contributed by atoms with van der Waals surface area (Å²) in [5, 5.41) is 10.2. The highest BCUT2D eigenvalue weighted by Gasteiger charge is 2.46. The quantitative estimate of drug-likeness (QED) is 0.451. The number of carbonyl (C=O) groups excluding carboxylic acids is 3. The molecule has 2 aliphatic heterocycles. The zero-order valence-corrected chi connectivity index (χ0v) is 10.3. The average Bonchev–Trinajstić information content (AvgIpc) is 3.23. The number of amides is 4. The van der Waals surface area contributed by atoms with E-state index in [1.54, 1.807) is 0 Å². The summed E-state index contributed by atoms with van der Waals surface area (Å²) in [5.41, 5.74) is 4.73. The Morgan fingerprint density at radius 3 is 2.47 bits per heavy atom. The van der Waals surface area contributed by atoms with E-state index in [2.05, 4.69) is 10.9 Å². The van der Waals surface area contributed by atoms with Gasteiger partial charge in [0.05, 0.1) is 6.04 Å². The highest BCUT2D eigenvalue weighted by molar-refractivity contribution is 5.90. The standard InChI is InChI=1S/C11H16N4O4/c16-9(6-1-2-6)12-13-10(17)8-4-3-7-5-14(8)11(18)15(7)19/h6-8,19H,1-5H2,(H,12,16)(H,13,17)/t7-,8-/m0/s1. The van der Waals surface area contributed by atoms with Crippen molar-refractivity contribution >= 4 is 17.8 Å². The summed E-state index contributed by atoms with van der Waals surface area (Å²) in [5.74, 6) is -0.577. The number of rotatable bonds is 2. The highest BCUT2D eigenvalue weighted by Crippen LogP contribution is 2.29. The van der Waals surface area contributed by atoms with E-state index in [0.717, 1.165) is 12.8 Å². The number of hydrazine groups is 1. The van der Waals surface area contributed by atoms with E-state index in [4.69, 9.17) is 0 Å². The number of hydrogen-bond donors (Lipinski definition) is 3. The Morgan fingerprint density at radius 1 is 1.11 bits per heavy atom. The Balaban J connectivity index is 1.57.